The minimum absolute atomic E-state index is 0.141. The molecule has 0 unspecified atom stereocenters. The molecule has 1 aromatic carbocycles. The molecule has 2 heterocycles. The molecule has 1 saturated heterocycles. The number of ether oxygens (including phenoxy) is 2. The van der Waals surface area contributed by atoms with Gasteiger partial charge in [0.25, 0.3) is 0 Å². The van der Waals surface area contributed by atoms with Gasteiger partial charge in [-0.3, -0.25) is 4.99 Å². The highest BCUT2D eigenvalue weighted by Gasteiger charge is 2.52. The summed E-state index contributed by atoms with van der Waals surface area (Å²) in [5.41, 5.74) is 5.88. The van der Waals surface area contributed by atoms with E-state index in [0.717, 1.165) is 12.8 Å². The predicted octanol–water partition coefficient (Wildman–Crippen LogP) is 4.27. The van der Waals surface area contributed by atoms with Crippen LogP contribution in [0, 0.1) is 23.1 Å². The summed E-state index contributed by atoms with van der Waals surface area (Å²) in [5, 5.41) is 0. The van der Waals surface area contributed by atoms with Crippen LogP contribution in [0.2, 0.25) is 0 Å². The summed E-state index contributed by atoms with van der Waals surface area (Å²) in [4.78, 5) is 4.86. The van der Waals surface area contributed by atoms with Crippen LogP contribution in [-0.2, 0) is 10.3 Å². The van der Waals surface area contributed by atoms with E-state index in [-0.39, 0.29) is 23.3 Å². The molecule has 26 heavy (non-hydrogen) atoms. The van der Waals surface area contributed by atoms with Crippen LogP contribution in [0.3, 0.4) is 0 Å². The molecular formula is C21H31FN2O2. The van der Waals surface area contributed by atoms with E-state index in [9.17, 15) is 4.39 Å². The van der Waals surface area contributed by atoms with Gasteiger partial charge in [-0.25, -0.2) is 4.39 Å². The molecule has 3 atom stereocenters. The first kappa shape index (κ1) is 19.2. The van der Waals surface area contributed by atoms with Crippen molar-refractivity contribution in [3.8, 4) is 5.75 Å². The van der Waals surface area contributed by atoms with E-state index < -0.39 is 5.54 Å². The lowest BCUT2D eigenvalue weighted by Crippen LogP contribution is -2.54. The Bertz CT molecular complexity index is 701. The van der Waals surface area contributed by atoms with Crippen LogP contribution < -0.4 is 10.5 Å². The van der Waals surface area contributed by atoms with Crippen LogP contribution in [-0.4, -0.2) is 25.2 Å². The fraction of sp³-hybridized carbons (Fsp3) is 0.667. The Balaban J connectivity index is 2.06. The van der Waals surface area contributed by atoms with E-state index in [1.165, 1.54) is 6.07 Å². The SMILES string of the molecule is CC(C)COc1ccc(F)c([C@]23CO[C@@H](C)C[C@H]2CC(C)(C)C(N)=N3)c1. The van der Waals surface area contributed by atoms with Crippen molar-refractivity contribution in [1.29, 1.82) is 0 Å². The average molecular weight is 362 g/mol. The molecule has 0 aromatic heterocycles. The summed E-state index contributed by atoms with van der Waals surface area (Å²) in [6.07, 6.45) is 1.85. The van der Waals surface area contributed by atoms with E-state index >= 15 is 0 Å². The van der Waals surface area contributed by atoms with Gasteiger partial charge in [-0.15, -0.1) is 0 Å². The van der Waals surface area contributed by atoms with Gasteiger partial charge in [0.05, 0.1) is 19.3 Å². The quantitative estimate of drug-likeness (QED) is 0.870. The fourth-order valence-electron chi connectivity index (χ4n) is 4.06. The minimum atomic E-state index is -0.770. The highest BCUT2D eigenvalue weighted by atomic mass is 19.1. The standard InChI is InChI=1S/C21H31FN2O2/c1-13(2)11-25-16-6-7-18(22)17(9-16)21-12-26-14(3)8-15(21)10-20(4,5)19(23)24-21/h6-7,9,13-15H,8,10-12H2,1-5H3,(H2,23,24)/t14-,15-,21-/m0/s1. The molecule has 1 fully saturated rings. The molecule has 0 saturated carbocycles. The molecule has 0 amide bonds. The first-order chi connectivity index (χ1) is 12.1. The van der Waals surface area contributed by atoms with Gasteiger partial charge in [-0.2, -0.15) is 0 Å². The maximum absolute atomic E-state index is 14.9. The largest absolute Gasteiger partial charge is 0.493 e. The van der Waals surface area contributed by atoms with Crippen molar-refractivity contribution in [3.05, 3.63) is 29.6 Å². The summed E-state index contributed by atoms with van der Waals surface area (Å²) in [6, 6.07) is 4.94. The van der Waals surface area contributed by atoms with Crippen LogP contribution in [0.4, 0.5) is 4.39 Å². The number of nitrogens with two attached hydrogens (primary N) is 1. The second-order valence-electron chi connectivity index (χ2n) is 8.91. The van der Waals surface area contributed by atoms with Crippen LogP contribution in [0.15, 0.2) is 23.2 Å². The van der Waals surface area contributed by atoms with E-state index in [1.807, 2.05) is 0 Å². The highest BCUT2D eigenvalue weighted by Crippen LogP contribution is 2.51. The number of amidine groups is 1. The third-order valence-electron chi connectivity index (χ3n) is 5.64. The lowest BCUT2D eigenvalue weighted by atomic mass is 9.65. The normalized spacial score (nSPS) is 30.7. The Hall–Kier alpha value is -1.62. The van der Waals surface area contributed by atoms with E-state index in [4.69, 9.17) is 20.2 Å². The molecule has 144 valence electrons. The van der Waals surface area contributed by atoms with Crippen LogP contribution in [0.25, 0.3) is 0 Å². The van der Waals surface area contributed by atoms with Crippen molar-refractivity contribution in [2.45, 2.75) is 59.1 Å². The maximum atomic E-state index is 14.9. The summed E-state index contributed by atoms with van der Waals surface area (Å²) in [5.74, 6) is 1.54. The first-order valence-corrected chi connectivity index (χ1v) is 9.54. The molecule has 0 radical (unpaired) electrons. The molecular weight excluding hydrogens is 331 g/mol. The first-order valence-electron chi connectivity index (χ1n) is 9.54. The number of benzene rings is 1. The van der Waals surface area contributed by atoms with Crippen molar-refractivity contribution in [2.24, 2.45) is 28.0 Å². The van der Waals surface area contributed by atoms with E-state index in [0.29, 0.717) is 36.3 Å². The molecule has 0 spiro atoms. The number of nitrogens with zero attached hydrogens (tertiary/aromatic N) is 1. The summed E-state index contributed by atoms with van der Waals surface area (Å²) >= 11 is 0. The van der Waals surface area contributed by atoms with Gasteiger partial charge >= 0.3 is 0 Å². The van der Waals surface area contributed by atoms with Gasteiger partial charge in [0.15, 0.2) is 0 Å². The zero-order chi connectivity index (χ0) is 19.1. The second kappa shape index (κ2) is 6.84. The average Bonchev–Trinajstić information content (AvgIpc) is 2.55. The Morgan fingerprint density at radius 2 is 2.12 bits per heavy atom. The van der Waals surface area contributed by atoms with Gasteiger partial charge < -0.3 is 15.2 Å². The molecule has 2 N–H and O–H groups in total. The zero-order valence-electron chi connectivity index (χ0n) is 16.5. The molecule has 2 aliphatic rings. The van der Waals surface area contributed by atoms with E-state index in [1.54, 1.807) is 12.1 Å². The maximum Gasteiger partial charge on any atom is 0.129 e. The zero-order valence-corrected chi connectivity index (χ0v) is 16.5. The number of aliphatic imine (C=N–C) groups is 1. The Labute approximate surface area is 156 Å². The summed E-state index contributed by atoms with van der Waals surface area (Å²) in [7, 11) is 0. The monoisotopic (exact) mass is 362 g/mol. The fourth-order valence-corrected chi connectivity index (χ4v) is 4.06. The number of hydrogen-bond acceptors (Lipinski definition) is 4. The number of fused-ring (bicyclic) bond motifs is 1. The molecule has 3 rings (SSSR count). The third-order valence-corrected chi connectivity index (χ3v) is 5.64. The van der Waals surface area contributed by atoms with Crippen molar-refractivity contribution in [1.82, 2.24) is 0 Å². The van der Waals surface area contributed by atoms with Crippen LogP contribution in [0.5, 0.6) is 5.75 Å². The Kier molecular flexibility index (Phi) is 5.04. The number of rotatable bonds is 4. The Morgan fingerprint density at radius 3 is 2.81 bits per heavy atom. The molecule has 2 aliphatic heterocycles. The molecule has 1 aromatic rings. The summed E-state index contributed by atoms with van der Waals surface area (Å²) in [6.45, 7) is 11.4. The topological polar surface area (TPSA) is 56.8 Å². The molecule has 4 nitrogen and oxygen atoms in total. The molecule has 0 bridgehead atoms. The van der Waals surface area contributed by atoms with Gasteiger partial charge in [0.2, 0.25) is 0 Å². The van der Waals surface area contributed by atoms with Gasteiger partial charge in [0.1, 0.15) is 22.9 Å². The second-order valence-corrected chi connectivity index (χ2v) is 8.91. The van der Waals surface area contributed by atoms with Crippen molar-refractivity contribution < 1.29 is 13.9 Å². The third kappa shape index (κ3) is 3.46. The highest BCUT2D eigenvalue weighted by molar-refractivity contribution is 5.87. The van der Waals surface area contributed by atoms with Crippen molar-refractivity contribution in [3.63, 3.8) is 0 Å². The van der Waals surface area contributed by atoms with Crippen molar-refractivity contribution >= 4 is 5.84 Å². The lowest BCUT2D eigenvalue weighted by Gasteiger charge is -2.50. The van der Waals surface area contributed by atoms with Gasteiger partial charge in [0, 0.05) is 11.0 Å². The molecule has 5 heteroatoms. The Morgan fingerprint density at radius 1 is 1.38 bits per heavy atom. The van der Waals surface area contributed by atoms with Crippen LogP contribution >= 0.6 is 0 Å². The smallest absolute Gasteiger partial charge is 0.129 e. The minimum Gasteiger partial charge on any atom is -0.493 e. The predicted molar refractivity (Wildman–Crippen MR) is 102 cm³/mol. The molecule has 0 aliphatic carbocycles. The van der Waals surface area contributed by atoms with Crippen molar-refractivity contribution in [2.75, 3.05) is 13.2 Å². The number of halogens is 1. The lowest BCUT2D eigenvalue weighted by molar-refractivity contribution is -0.0657. The summed E-state index contributed by atoms with van der Waals surface area (Å²) < 4.78 is 26.7. The van der Waals surface area contributed by atoms with Crippen LogP contribution in [0.1, 0.15) is 53.0 Å². The van der Waals surface area contributed by atoms with Gasteiger partial charge in [-0.05, 0) is 49.8 Å². The van der Waals surface area contributed by atoms with E-state index in [2.05, 4.69) is 34.6 Å². The number of hydrogen-bond donors (Lipinski definition) is 1. The van der Waals surface area contributed by atoms with Gasteiger partial charge in [-0.1, -0.05) is 27.7 Å².